The van der Waals surface area contributed by atoms with E-state index in [2.05, 4.69) is 10.2 Å². The van der Waals surface area contributed by atoms with Gasteiger partial charge < -0.3 is 10.0 Å². The van der Waals surface area contributed by atoms with E-state index in [1.54, 1.807) is 0 Å². The van der Waals surface area contributed by atoms with Crippen molar-refractivity contribution in [2.45, 2.75) is 31.7 Å². The van der Waals surface area contributed by atoms with Crippen LogP contribution >= 0.6 is 23.2 Å². The molecule has 1 aliphatic heterocycles. The zero-order valence-corrected chi connectivity index (χ0v) is 12.1. The van der Waals surface area contributed by atoms with Crippen LogP contribution in [0.2, 0.25) is 10.3 Å². The molecule has 0 spiro atoms. The summed E-state index contributed by atoms with van der Waals surface area (Å²) in [4.78, 5) is 25.1. The molecule has 2 heterocycles. The van der Waals surface area contributed by atoms with Gasteiger partial charge in [-0.25, -0.2) is 4.79 Å². The van der Waals surface area contributed by atoms with E-state index >= 15 is 0 Å². The van der Waals surface area contributed by atoms with Gasteiger partial charge in [-0.1, -0.05) is 36.0 Å². The third-order valence-electron chi connectivity index (χ3n) is 3.25. The number of halogens is 2. The van der Waals surface area contributed by atoms with E-state index in [1.165, 1.54) is 11.0 Å². The third-order valence-corrected chi connectivity index (χ3v) is 3.71. The Bertz CT molecular complexity index is 539. The summed E-state index contributed by atoms with van der Waals surface area (Å²) in [5.74, 6) is -1.48. The second-order valence-corrected chi connectivity index (χ2v) is 5.32. The summed E-state index contributed by atoms with van der Waals surface area (Å²) in [7, 11) is 0. The summed E-state index contributed by atoms with van der Waals surface area (Å²) in [6, 6.07) is 0.469. The summed E-state index contributed by atoms with van der Waals surface area (Å²) < 4.78 is 0. The van der Waals surface area contributed by atoms with Gasteiger partial charge in [0.25, 0.3) is 5.91 Å². The molecule has 1 saturated heterocycles. The van der Waals surface area contributed by atoms with Gasteiger partial charge in [0.15, 0.2) is 10.3 Å². The molecule has 6 nitrogen and oxygen atoms in total. The maximum atomic E-state index is 12.5. The Morgan fingerprint density at radius 2 is 2.00 bits per heavy atom. The zero-order valence-electron chi connectivity index (χ0n) is 10.6. The van der Waals surface area contributed by atoms with E-state index in [4.69, 9.17) is 23.2 Å². The highest BCUT2D eigenvalue weighted by atomic mass is 35.5. The second-order valence-electron chi connectivity index (χ2n) is 4.57. The molecule has 1 amide bonds. The zero-order chi connectivity index (χ0) is 14.7. The van der Waals surface area contributed by atoms with Gasteiger partial charge in [-0.05, 0) is 18.9 Å². The topological polar surface area (TPSA) is 83.4 Å². The van der Waals surface area contributed by atoms with Crippen LogP contribution in [0.15, 0.2) is 6.07 Å². The number of amides is 1. The van der Waals surface area contributed by atoms with Crippen molar-refractivity contribution in [3.63, 3.8) is 0 Å². The van der Waals surface area contributed by atoms with Gasteiger partial charge in [-0.2, -0.15) is 0 Å². The molecule has 1 atom stereocenters. The molecule has 0 radical (unpaired) electrons. The first-order valence-corrected chi connectivity index (χ1v) is 6.99. The van der Waals surface area contributed by atoms with E-state index < -0.39 is 17.9 Å². The fraction of sp³-hybridized carbons (Fsp3) is 0.500. The van der Waals surface area contributed by atoms with Gasteiger partial charge >= 0.3 is 5.97 Å². The first-order chi connectivity index (χ1) is 9.50. The van der Waals surface area contributed by atoms with Gasteiger partial charge in [-0.15, -0.1) is 10.2 Å². The van der Waals surface area contributed by atoms with Gasteiger partial charge in [0, 0.05) is 6.54 Å². The SMILES string of the molecule is O=C(O)C1CCCCCN1C(=O)c1cc(Cl)nnc1Cl. The first kappa shape index (κ1) is 15.0. The summed E-state index contributed by atoms with van der Waals surface area (Å²) in [6.45, 7) is 0.381. The largest absolute Gasteiger partial charge is 0.480 e. The highest BCUT2D eigenvalue weighted by molar-refractivity contribution is 6.34. The highest BCUT2D eigenvalue weighted by Gasteiger charge is 2.32. The molecule has 1 fully saturated rings. The van der Waals surface area contributed by atoms with Gasteiger partial charge in [-0.3, -0.25) is 4.79 Å². The van der Waals surface area contributed by atoms with Crippen molar-refractivity contribution in [3.8, 4) is 0 Å². The van der Waals surface area contributed by atoms with Crippen LogP contribution in [0.1, 0.15) is 36.0 Å². The maximum Gasteiger partial charge on any atom is 0.326 e. The molecule has 0 aromatic carbocycles. The number of aromatic nitrogens is 2. The van der Waals surface area contributed by atoms with Crippen LogP contribution in [0.5, 0.6) is 0 Å². The number of rotatable bonds is 2. The smallest absolute Gasteiger partial charge is 0.326 e. The molecule has 1 aliphatic rings. The van der Waals surface area contributed by atoms with E-state index in [1.807, 2.05) is 0 Å². The molecule has 1 aromatic rings. The van der Waals surface area contributed by atoms with Crippen LogP contribution in [0.25, 0.3) is 0 Å². The third kappa shape index (κ3) is 3.19. The molecule has 108 valence electrons. The number of carboxylic acids is 1. The second kappa shape index (κ2) is 6.37. The number of hydrogen-bond acceptors (Lipinski definition) is 4. The molecule has 0 saturated carbocycles. The molecule has 1 N–H and O–H groups in total. The molecule has 2 rings (SSSR count). The fourth-order valence-electron chi connectivity index (χ4n) is 2.27. The molecule has 8 heteroatoms. The number of hydrogen-bond donors (Lipinski definition) is 1. The Kier molecular flexibility index (Phi) is 4.77. The Labute approximate surface area is 125 Å². The minimum Gasteiger partial charge on any atom is -0.480 e. The van der Waals surface area contributed by atoms with Crippen molar-refractivity contribution in [2.75, 3.05) is 6.54 Å². The van der Waals surface area contributed by atoms with Crippen LogP contribution in [-0.4, -0.2) is 44.7 Å². The summed E-state index contributed by atoms with van der Waals surface area (Å²) in [5, 5.41) is 16.3. The maximum absolute atomic E-state index is 12.5. The molecular formula is C12H13Cl2N3O3. The molecule has 1 unspecified atom stereocenters. The standard InChI is InChI=1S/C12H13Cl2N3O3/c13-9-6-7(10(14)16-15-9)11(18)17-5-3-1-2-4-8(17)12(19)20/h6,8H,1-5H2,(H,19,20). The number of carboxylic acid groups (broad SMARTS) is 1. The Morgan fingerprint density at radius 1 is 1.25 bits per heavy atom. The highest BCUT2D eigenvalue weighted by Crippen LogP contribution is 2.23. The van der Waals surface area contributed by atoms with Crippen LogP contribution in [0.4, 0.5) is 0 Å². The van der Waals surface area contributed by atoms with Crippen molar-refractivity contribution in [2.24, 2.45) is 0 Å². The summed E-state index contributed by atoms with van der Waals surface area (Å²) >= 11 is 11.6. The van der Waals surface area contributed by atoms with E-state index in [0.717, 1.165) is 19.3 Å². The minimum absolute atomic E-state index is 0.0412. The number of aliphatic carboxylic acids is 1. The van der Waals surface area contributed by atoms with Crippen LogP contribution in [0, 0.1) is 0 Å². The molecule has 1 aromatic heterocycles. The average molecular weight is 318 g/mol. The predicted octanol–water partition coefficient (Wildman–Crippen LogP) is 2.25. The number of likely N-dealkylation sites (tertiary alicyclic amines) is 1. The molecular weight excluding hydrogens is 305 g/mol. The van der Waals surface area contributed by atoms with E-state index in [-0.39, 0.29) is 15.9 Å². The van der Waals surface area contributed by atoms with Crippen molar-refractivity contribution in [1.29, 1.82) is 0 Å². The average Bonchev–Trinajstić information content (AvgIpc) is 2.66. The summed E-state index contributed by atoms with van der Waals surface area (Å²) in [6.07, 6.45) is 2.88. The lowest BCUT2D eigenvalue weighted by atomic mass is 10.1. The Balaban J connectivity index is 2.33. The lowest BCUT2D eigenvalue weighted by Crippen LogP contribution is -2.44. The Hall–Kier alpha value is -1.40. The number of nitrogens with zero attached hydrogens (tertiary/aromatic N) is 3. The van der Waals surface area contributed by atoms with Crippen LogP contribution in [0.3, 0.4) is 0 Å². The van der Waals surface area contributed by atoms with Crippen LogP contribution in [-0.2, 0) is 4.79 Å². The van der Waals surface area contributed by atoms with Crippen molar-refractivity contribution >= 4 is 35.1 Å². The molecule has 0 bridgehead atoms. The van der Waals surface area contributed by atoms with Crippen molar-refractivity contribution < 1.29 is 14.7 Å². The van der Waals surface area contributed by atoms with Crippen molar-refractivity contribution in [3.05, 3.63) is 21.9 Å². The van der Waals surface area contributed by atoms with Crippen LogP contribution < -0.4 is 0 Å². The van der Waals surface area contributed by atoms with Gasteiger partial charge in [0.05, 0.1) is 5.56 Å². The Morgan fingerprint density at radius 3 is 2.70 bits per heavy atom. The fourth-order valence-corrected chi connectivity index (χ4v) is 2.59. The molecule has 20 heavy (non-hydrogen) atoms. The summed E-state index contributed by atoms with van der Waals surface area (Å²) in [5.41, 5.74) is 0.0832. The monoisotopic (exact) mass is 317 g/mol. The lowest BCUT2D eigenvalue weighted by molar-refractivity contribution is -0.142. The quantitative estimate of drug-likeness (QED) is 0.904. The van der Waals surface area contributed by atoms with Gasteiger partial charge in [0.2, 0.25) is 0 Å². The number of carbonyl (C=O) groups is 2. The number of carbonyl (C=O) groups excluding carboxylic acids is 1. The van der Waals surface area contributed by atoms with E-state index in [0.29, 0.717) is 13.0 Å². The minimum atomic E-state index is -1.01. The first-order valence-electron chi connectivity index (χ1n) is 6.23. The van der Waals surface area contributed by atoms with Gasteiger partial charge in [0.1, 0.15) is 6.04 Å². The predicted molar refractivity (Wildman–Crippen MR) is 73.0 cm³/mol. The lowest BCUT2D eigenvalue weighted by Gasteiger charge is -2.27. The normalized spacial score (nSPS) is 19.5. The molecule has 0 aliphatic carbocycles. The van der Waals surface area contributed by atoms with E-state index in [9.17, 15) is 14.7 Å². The van der Waals surface area contributed by atoms with Crippen molar-refractivity contribution in [1.82, 2.24) is 15.1 Å².